The average Bonchev–Trinajstić information content (AvgIpc) is 2.30. The third-order valence-electron chi connectivity index (χ3n) is 2.55. The highest BCUT2D eigenvalue weighted by atomic mass is 32.2. The Morgan fingerprint density at radius 3 is 2.00 bits per heavy atom. The van der Waals surface area contributed by atoms with Gasteiger partial charge < -0.3 is 16.0 Å². The third kappa shape index (κ3) is 5.46. The molecule has 6 nitrogen and oxygen atoms in total. The van der Waals surface area contributed by atoms with Crippen LogP contribution in [-0.4, -0.2) is 46.5 Å². The van der Waals surface area contributed by atoms with E-state index >= 15 is 0 Å². The molecule has 1 aliphatic rings. The van der Waals surface area contributed by atoms with Gasteiger partial charge in [0.25, 0.3) is 0 Å². The number of rotatable bonds is 1. The monoisotopic (exact) mass is 272 g/mol. The fourth-order valence-corrected chi connectivity index (χ4v) is 1.95. The number of nitrogen functional groups attached to an aromatic ring is 1. The van der Waals surface area contributed by atoms with Crippen molar-refractivity contribution in [2.45, 2.75) is 4.90 Å². The number of sulfonamides is 1. The maximum Gasteiger partial charge on any atom is 0.238 e. The molecular weight excluding hydrogens is 252 g/mol. The van der Waals surface area contributed by atoms with Crippen LogP contribution in [0, 0.1) is 0 Å². The first-order chi connectivity index (χ1) is 8.39. The van der Waals surface area contributed by atoms with Crippen LogP contribution in [0.2, 0.25) is 0 Å². The van der Waals surface area contributed by atoms with Crippen molar-refractivity contribution in [1.29, 1.82) is 0 Å². The van der Waals surface area contributed by atoms with Gasteiger partial charge >= 0.3 is 0 Å². The number of likely N-dealkylation sites (N-methyl/N-ethyl adjacent to an activating group) is 1. The standard InChI is InChI=1S/C6H8N2O2S.C5H12N2/c7-5-1-3-6(4-2-5)11(8,9)10;1-7-4-2-6-3-5-7/h1-4H,7H2,(H2,8,9,10);6H,2-5H2,1H3. The summed E-state index contributed by atoms with van der Waals surface area (Å²) < 4.78 is 21.4. The van der Waals surface area contributed by atoms with Gasteiger partial charge in [-0.15, -0.1) is 0 Å². The van der Waals surface area contributed by atoms with Crippen molar-refractivity contribution in [1.82, 2.24) is 10.2 Å². The van der Waals surface area contributed by atoms with E-state index in [0.29, 0.717) is 5.69 Å². The van der Waals surface area contributed by atoms with E-state index < -0.39 is 10.0 Å². The van der Waals surface area contributed by atoms with Crippen molar-refractivity contribution in [2.75, 3.05) is 39.0 Å². The van der Waals surface area contributed by atoms with E-state index in [-0.39, 0.29) is 4.90 Å². The first kappa shape index (κ1) is 14.9. The van der Waals surface area contributed by atoms with Crippen molar-refractivity contribution in [3.8, 4) is 0 Å². The number of primary sulfonamides is 1. The number of hydrogen-bond acceptors (Lipinski definition) is 5. The van der Waals surface area contributed by atoms with Gasteiger partial charge in [-0.05, 0) is 31.3 Å². The Labute approximate surface area is 108 Å². The summed E-state index contributed by atoms with van der Waals surface area (Å²) in [5.74, 6) is 0. The Morgan fingerprint density at radius 1 is 1.17 bits per heavy atom. The maximum absolute atomic E-state index is 10.7. The fraction of sp³-hybridized carbons (Fsp3) is 0.455. The summed E-state index contributed by atoms with van der Waals surface area (Å²) >= 11 is 0. The highest BCUT2D eigenvalue weighted by Crippen LogP contribution is 2.08. The molecule has 7 heteroatoms. The maximum atomic E-state index is 10.7. The van der Waals surface area contributed by atoms with Gasteiger partial charge in [-0.1, -0.05) is 0 Å². The average molecular weight is 272 g/mol. The largest absolute Gasteiger partial charge is 0.399 e. The van der Waals surface area contributed by atoms with Crippen LogP contribution < -0.4 is 16.2 Å². The van der Waals surface area contributed by atoms with Gasteiger partial charge in [0.05, 0.1) is 4.90 Å². The molecule has 0 aliphatic carbocycles. The summed E-state index contributed by atoms with van der Waals surface area (Å²) in [6.45, 7) is 4.74. The number of hydrogen-bond donors (Lipinski definition) is 3. The minimum atomic E-state index is -3.58. The number of nitrogens with two attached hydrogens (primary N) is 2. The first-order valence-electron chi connectivity index (χ1n) is 5.67. The molecule has 0 bridgehead atoms. The predicted octanol–water partition coefficient (Wildman–Crippen LogP) is -0.562. The molecule has 1 saturated heterocycles. The Kier molecular flexibility index (Phi) is 5.54. The van der Waals surface area contributed by atoms with Crippen LogP contribution in [0.15, 0.2) is 29.2 Å². The van der Waals surface area contributed by atoms with Crippen LogP contribution in [0.4, 0.5) is 5.69 Å². The van der Waals surface area contributed by atoms with E-state index in [1.807, 2.05) is 0 Å². The van der Waals surface area contributed by atoms with Gasteiger partial charge in [-0.2, -0.15) is 0 Å². The van der Waals surface area contributed by atoms with Crippen LogP contribution in [-0.2, 0) is 10.0 Å². The lowest BCUT2D eigenvalue weighted by Gasteiger charge is -2.21. The van der Waals surface area contributed by atoms with Crippen LogP contribution in [0.1, 0.15) is 0 Å². The summed E-state index contributed by atoms with van der Waals surface area (Å²) in [6, 6.07) is 5.70. The Bertz CT molecular complexity index is 452. The second-order valence-corrected chi connectivity index (χ2v) is 5.73. The number of anilines is 1. The molecule has 0 amide bonds. The molecule has 5 N–H and O–H groups in total. The SMILES string of the molecule is CN1CCNCC1.Nc1ccc(S(N)(=O)=O)cc1. The molecule has 0 atom stereocenters. The second-order valence-electron chi connectivity index (χ2n) is 4.17. The molecular formula is C11H20N4O2S. The van der Waals surface area contributed by atoms with E-state index in [1.165, 1.54) is 37.4 Å². The fourth-order valence-electron chi connectivity index (χ4n) is 1.43. The summed E-state index contributed by atoms with van der Waals surface area (Å²) in [5, 5.41) is 8.11. The summed E-state index contributed by atoms with van der Waals surface area (Å²) in [7, 11) is -1.42. The first-order valence-corrected chi connectivity index (χ1v) is 7.22. The zero-order valence-corrected chi connectivity index (χ0v) is 11.3. The molecule has 1 fully saturated rings. The van der Waals surface area contributed by atoms with Crippen molar-refractivity contribution >= 4 is 15.7 Å². The minimum Gasteiger partial charge on any atom is -0.399 e. The van der Waals surface area contributed by atoms with Gasteiger partial charge in [0.15, 0.2) is 0 Å². The Morgan fingerprint density at radius 2 is 1.67 bits per heavy atom. The molecule has 0 saturated carbocycles. The highest BCUT2D eigenvalue weighted by molar-refractivity contribution is 7.89. The molecule has 0 unspecified atom stereocenters. The van der Waals surface area contributed by atoms with Gasteiger partial charge in [0, 0.05) is 31.9 Å². The van der Waals surface area contributed by atoms with E-state index in [1.54, 1.807) is 0 Å². The number of piperazine rings is 1. The number of nitrogens with one attached hydrogen (secondary N) is 1. The zero-order chi connectivity index (χ0) is 13.6. The number of benzene rings is 1. The Hall–Kier alpha value is -1.15. The topological polar surface area (TPSA) is 101 Å². The highest BCUT2D eigenvalue weighted by Gasteiger charge is 2.05. The zero-order valence-electron chi connectivity index (χ0n) is 10.5. The van der Waals surface area contributed by atoms with Gasteiger partial charge in [-0.25, -0.2) is 13.6 Å². The molecule has 1 aromatic carbocycles. The van der Waals surface area contributed by atoms with E-state index in [4.69, 9.17) is 10.9 Å². The summed E-state index contributed by atoms with van der Waals surface area (Å²) in [4.78, 5) is 2.41. The molecule has 1 heterocycles. The van der Waals surface area contributed by atoms with Gasteiger partial charge in [0.1, 0.15) is 0 Å². The molecule has 1 aliphatic heterocycles. The van der Waals surface area contributed by atoms with Crippen molar-refractivity contribution in [3.05, 3.63) is 24.3 Å². The summed E-state index contributed by atoms with van der Waals surface area (Å²) in [6.07, 6.45) is 0. The Balaban J connectivity index is 0.000000199. The minimum absolute atomic E-state index is 0.0756. The van der Waals surface area contributed by atoms with Crippen molar-refractivity contribution in [2.24, 2.45) is 5.14 Å². The lowest BCUT2D eigenvalue weighted by molar-refractivity contribution is 0.291. The second kappa shape index (κ2) is 6.69. The lowest BCUT2D eigenvalue weighted by Crippen LogP contribution is -2.40. The normalized spacial score (nSPS) is 16.8. The van der Waals surface area contributed by atoms with Crippen LogP contribution in [0.3, 0.4) is 0 Å². The van der Waals surface area contributed by atoms with E-state index in [2.05, 4.69) is 17.3 Å². The summed E-state index contributed by atoms with van der Waals surface area (Å²) in [5.41, 5.74) is 5.85. The quantitative estimate of drug-likeness (QED) is 0.595. The predicted molar refractivity (Wildman–Crippen MR) is 72.6 cm³/mol. The molecule has 0 spiro atoms. The smallest absolute Gasteiger partial charge is 0.238 e. The number of nitrogens with zero attached hydrogens (tertiary/aromatic N) is 1. The van der Waals surface area contributed by atoms with Crippen LogP contribution in [0.25, 0.3) is 0 Å². The molecule has 0 radical (unpaired) electrons. The van der Waals surface area contributed by atoms with Crippen LogP contribution in [0.5, 0.6) is 0 Å². The van der Waals surface area contributed by atoms with Gasteiger partial charge in [-0.3, -0.25) is 0 Å². The molecule has 0 aromatic heterocycles. The van der Waals surface area contributed by atoms with Crippen LogP contribution >= 0.6 is 0 Å². The third-order valence-corrected chi connectivity index (χ3v) is 3.48. The van der Waals surface area contributed by atoms with Gasteiger partial charge in [0.2, 0.25) is 10.0 Å². The van der Waals surface area contributed by atoms with E-state index in [0.717, 1.165) is 13.1 Å². The molecule has 102 valence electrons. The van der Waals surface area contributed by atoms with E-state index in [9.17, 15) is 8.42 Å². The molecule has 18 heavy (non-hydrogen) atoms. The van der Waals surface area contributed by atoms with Crippen molar-refractivity contribution < 1.29 is 8.42 Å². The molecule has 1 aromatic rings. The molecule has 2 rings (SSSR count). The lowest BCUT2D eigenvalue weighted by atomic mass is 10.3. The van der Waals surface area contributed by atoms with Crippen molar-refractivity contribution in [3.63, 3.8) is 0 Å².